The Labute approximate surface area is 55.4 Å². The highest BCUT2D eigenvalue weighted by molar-refractivity contribution is 5.87. The Bertz CT molecular complexity index is 162. The largest absolute Gasteiger partial charge is 0.299 e. The van der Waals surface area contributed by atoms with Crippen LogP contribution in [0.1, 0.15) is 20.3 Å². The maximum Gasteiger partial charge on any atom is 0.136 e. The average Bonchev–Trinajstić information content (AvgIpc) is 2.30. The first kappa shape index (κ1) is 5.45. The van der Waals surface area contributed by atoms with Crippen molar-refractivity contribution >= 4 is 5.78 Å². The summed E-state index contributed by atoms with van der Waals surface area (Å²) in [5.41, 5.74) is 0. The Kier molecular flexibility index (Phi) is 0.842. The van der Waals surface area contributed by atoms with Gasteiger partial charge in [0.1, 0.15) is 5.78 Å². The molecule has 1 nitrogen and oxygen atoms in total. The zero-order valence-corrected chi connectivity index (χ0v) is 5.92. The van der Waals surface area contributed by atoms with Gasteiger partial charge in [0.25, 0.3) is 0 Å². The fraction of sp³-hybridized carbons (Fsp3) is 0.875. The summed E-state index contributed by atoms with van der Waals surface area (Å²) in [6, 6.07) is 0. The lowest BCUT2D eigenvalue weighted by Crippen LogP contribution is -2.01. The van der Waals surface area contributed by atoms with Gasteiger partial charge in [-0.2, -0.15) is 0 Å². The predicted molar refractivity (Wildman–Crippen MR) is 34.9 cm³/mol. The van der Waals surface area contributed by atoms with Gasteiger partial charge in [0.05, 0.1) is 0 Å². The summed E-state index contributed by atoms with van der Waals surface area (Å²) >= 11 is 0. The van der Waals surface area contributed by atoms with Crippen LogP contribution >= 0.6 is 0 Å². The maximum atomic E-state index is 11.0. The van der Waals surface area contributed by atoms with Gasteiger partial charge in [0.15, 0.2) is 0 Å². The molecule has 0 aromatic rings. The molecule has 4 unspecified atom stereocenters. The van der Waals surface area contributed by atoms with Crippen LogP contribution in [0.2, 0.25) is 0 Å². The minimum atomic E-state index is 0.486. The van der Waals surface area contributed by atoms with Crippen molar-refractivity contribution in [1.82, 2.24) is 0 Å². The van der Waals surface area contributed by atoms with E-state index in [1.54, 1.807) is 0 Å². The minimum Gasteiger partial charge on any atom is -0.299 e. The topological polar surface area (TPSA) is 17.1 Å². The fourth-order valence-electron chi connectivity index (χ4n) is 2.46. The van der Waals surface area contributed by atoms with Crippen LogP contribution in [-0.4, -0.2) is 5.78 Å². The predicted octanol–water partition coefficient (Wildman–Crippen LogP) is 1.48. The first-order chi connectivity index (χ1) is 4.22. The molecule has 0 bridgehead atoms. The van der Waals surface area contributed by atoms with Crippen LogP contribution in [0.25, 0.3) is 0 Å². The first-order valence-electron chi connectivity index (χ1n) is 3.74. The van der Waals surface area contributed by atoms with Gasteiger partial charge >= 0.3 is 0 Å². The van der Waals surface area contributed by atoms with E-state index in [2.05, 4.69) is 13.8 Å². The zero-order valence-electron chi connectivity index (χ0n) is 5.92. The molecule has 0 aromatic heterocycles. The Morgan fingerprint density at radius 3 is 2.33 bits per heavy atom. The third-order valence-electron chi connectivity index (χ3n) is 3.00. The van der Waals surface area contributed by atoms with Gasteiger partial charge in [-0.1, -0.05) is 13.8 Å². The summed E-state index contributed by atoms with van der Waals surface area (Å²) < 4.78 is 0. The lowest BCUT2D eigenvalue weighted by Gasteiger charge is -2.01. The Morgan fingerprint density at radius 1 is 1.44 bits per heavy atom. The van der Waals surface area contributed by atoms with Crippen molar-refractivity contribution in [3.8, 4) is 0 Å². The van der Waals surface area contributed by atoms with E-state index in [9.17, 15) is 4.79 Å². The number of carbonyl (C=O) groups excluding carboxylic acids is 1. The normalized spacial score (nSPS) is 55.6. The molecule has 0 aromatic carbocycles. The summed E-state index contributed by atoms with van der Waals surface area (Å²) in [5.74, 6) is 3.20. The van der Waals surface area contributed by atoms with Crippen molar-refractivity contribution in [3.63, 3.8) is 0 Å². The molecule has 0 saturated heterocycles. The molecule has 0 N–H and O–H groups in total. The van der Waals surface area contributed by atoms with Crippen molar-refractivity contribution in [3.05, 3.63) is 0 Å². The van der Waals surface area contributed by atoms with Gasteiger partial charge in [-0.3, -0.25) is 4.79 Å². The van der Waals surface area contributed by atoms with Gasteiger partial charge < -0.3 is 0 Å². The van der Waals surface area contributed by atoms with Crippen molar-refractivity contribution in [2.24, 2.45) is 23.7 Å². The molecule has 0 spiro atoms. The zero-order chi connectivity index (χ0) is 6.59. The second-order valence-electron chi connectivity index (χ2n) is 3.61. The molecule has 0 radical (unpaired) electrons. The molecule has 0 aliphatic heterocycles. The first-order valence-corrected chi connectivity index (χ1v) is 3.74. The lowest BCUT2D eigenvalue weighted by molar-refractivity contribution is -0.119. The summed E-state index contributed by atoms with van der Waals surface area (Å²) in [5, 5.41) is 0. The molecule has 2 fully saturated rings. The molecule has 0 heterocycles. The van der Waals surface area contributed by atoms with E-state index in [4.69, 9.17) is 0 Å². The van der Waals surface area contributed by atoms with Gasteiger partial charge in [0.2, 0.25) is 0 Å². The van der Waals surface area contributed by atoms with E-state index in [1.165, 1.54) is 0 Å². The van der Waals surface area contributed by atoms with Gasteiger partial charge in [-0.25, -0.2) is 0 Å². The number of Topliss-reactive ketones (excluding diaryl/α,β-unsaturated/α-hetero) is 1. The molecule has 1 heteroatoms. The molecule has 9 heavy (non-hydrogen) atoms. The van der Waals surface area contributed by atoms with Gasteiger partial charge in [-0.05, 0) is 17.8 Å². The number of carbonyl (C=O) groups is 1. The van der Waals surface area contributed by atoms with Gasteiger partial charge in [-0.15, -0.1) is 0 Å². The van der Waals surface area contributed by atoms with Crippen LogP contribution in [0.4, 0.5) is 0 Å². The summed E-state index contributed by atoms with van der Waals surface area (Å²) in [6.07, 6.45) is 0.861. The lowest BCUT2D eigenvalue weighted by atomic mass is 10.0. The second-order valence-corrected chi connectivity index (χ2v) is 3.61. The standard InChI is InChI=1S/C8H12O/c1-4-3-6(9)8-5(2)7(4)8/h4-5,7-8H,3H2,1-2H3. The van der Waals surface area contributed by atoms with Crippen LogP contribution < -0.4 is 0 Å². The molecular formula is C8H12O. The van der Waals surface area contributed by atoms with Crippen LogP contribution in [0, 0.1) is 23.7 Å². The highest BCUT2D eigenvalue weighted by Crippen LogP contribution is 2.57. The number of hydrogen-bond donors (Lipinski definition) is 0. The smallest absolute Gasteiger partial charge is 0.136 e. The molecule has 2 aliphatic rings. The summed E-state index contributed by atoms with van der Waals surface area (Å²) in [6.45, 7) is 4.40. The summed E-state index contributed by atoms with van der Waals surface area (Å²) in [4.78, 5) is 11.0. The maximum absolute atomic E-state index is 11.0. The van der Waals surface area contributed by atoms with Crippen LogP contribution in [0.15, 0.2) is 0 Å². The SMILES string of the molecule is CC1CC(=O)C2C(C)C12. The molecular weight excluding hydrogens is 112 g/mol. The quantitative estimate of drug-likeness (QED) is 0.478. The second kappa shape index (κ2) is 1.39. The highest BCUT2D eigenvalue weighted by atomic mass is 16.1. The van der Waals surface area contributed by atoms with Crippen LogP contribution in [-0.2, 0) is 4.79 Å². The summed E-state index contributed by atoms with van der Waals surface area (Å²) in [7, 11) is 0. The van der Waals surface area contributed by atoms with Crippen molar-refractivity contribution in [2.75, 3.05) is 0 Å². The van der Waals surface area contributed by atoms with E-state index >= 15 is 0 Å². The molecule has 0 amide bonds. The molecule has 2 aliphatic carbocycles. The third kappa shape index (κ3) is 0.525. The van der Waals surface area contributed by atoms with Crippen LogP contribution in [0.3, 0.4) is 0 Å². The number of fused-ring (bicyclic) bond motifs is 1. The number of rotatable bonds is 0. The minimum absolute atomic E-state index is 0.486. The Hall–Kier alpha value is -0.330. The monoisotopic (exact) mass is 124 g/mol. The fourth-order valence-corrected chi connectivity index (χ4v) is 2.46. The number of hydrogen-bond acceptors (Lipinski definition) is 1. The third-order valence-corrected chi connectivity index (χ3v) is 3.00. The van der Waals surface area contributed by atoms with Gasteiger partial charge in [0, 0.05) is 12.3 Å². The van der Waals surface area contributed by atoms with E-state index in [1.807, 2.05) is 0 Å². The van der Waals surface area contributed by atoms with E-state index in [0.717, 1.165) is 18.3 Å². The Balaban J connectivity index is 2.19. The number of ketones is 1. The average molecular weight is 124 g/mol. The van der Waals surface area contributed by atoms with E-state index in [0.29, 0.717) is 17.6 Å². The van der Waals surface area contributed by atoms with Crippen molar-refractivity contribution in [2.45, 2.75) is 20.3 Å². The van der Waals surface area contributed by atoms with E-state index in [-0.39, 0.29) is 0 Å². The van der Waals surface area contributed by atoms with Crippen molar-refractivity contribution < 1.29 is 4.79 Å². The van der Waals surface area contributed by atoms with Crippen LogP contribution in [0.5, 0.6) is 0 Å². The molecule has 50 valence electrons. The molecule has 2 rings (SSSR count). The van der Waals surface area contributed by atoms with E-state index < -0.39 is 0 Å². The molecule has 4 atom stereocenters. The van der Waals surface area contributed by atoms with Crippen molar-refractivity contribution in [1.29, 1.82) is 0 Å². The molecule has 2 saturated carbocycles. The Morgan fingerprint density at radius 2 is 2.11 bits per heavy atom. The highest BCUT2D eigenvalue weighted by Gasteiger charge is 2.58.